The third-order valence-corrected chi connectivity index (χ3v) is 2.19. The molecule has 0 saturated carbocycles. The highest BCUT2D eigenvalue weighted by Crippen LogP contribution is 2.21. The van der Waals surface area contributed by atoms with Gasteiger partial charge in [0, 0.05) is 11.9 Å². The van der Waals surface area contributed by atoms with Crippen molar-refractivity contribution < 1.29 is 4.39 Å². The zero-order valence-electron chi connectivity index (χ0n) is 8.81. The summed E-state index contributed by atoms with van der Waals surface area (Å²) in [6, 6.07) is 9.33. The molecule has 1 aromatic heterocycles. The number of nitrogens with zero attached hydrogens (tertiary/aromatic N) is 2. The molecule has 2 aromatic rings. The third-order valence-electron chi connectivity index (χ3n) is 2.19. The number of hydrogen-bond acceptors (Lipinski definition) is 4. The molecule has 3 N–H and O–H groups in total. The fourth-order valence-electron chi connectivity index (χ4n) is 1.35. The summed E-state index contributed by atoms with van der Waals surface area (Å²) in [6.07, 6.45) is 1.59. The van der Waals surface area contributed by atoms with Gasteiger partial charge in [-0.05, 0) is 30.3 Å². The summed E-state index contributed by atoms with van der Waals surface area (Å²) in [4.78, 5) is 4.04. The van der Waals surface area contributed by atoms with Crippen LogP contribution in [0.4, 0.5) is 21.6 Å². The molecule has 84 valence electrons. The maximum atomic E-state index is 13.1. The number of halogens is 1. The minimum absolute atomic E-state index is 0.0236. The van der Waals surface area contributed by atoms with Gasteiger partial charge in [0.05, 0.1) is 11.3 Å². The Morgan fingerprint density at radius 1 is 1.35 bits per heavy atom. The van der Waals surface area contributed by atoms with Gasteiger partial charge in [0.15, 0.2) is 5.82 Å². The van der Waals surface area contributed by atoms with E-state index in [1.54, 1.807) is 24.4 Å². The Hall–Kier alpha value is -2.61. The van der Waals surface area contributed by atoms with Crippen LogP contribution in [0.1, 0.15) is 5.56 Å². The molecule has 1 heterocycles. The zero-order valence-corrected chi connectivity index (χ0v) is 8.81. The summed E-state index contributed by atoms with van der Waals surface area (Å²) in [6.45, 7) is 0. The fraction of sp³-hybridized carbons (Fsp3) is 0. The number of nitriles is 1. The topological polar surface area (TPSA) is 74.7 Å². The monoisotopic (exact) mass is 228 g/mol. The number of hydrogen-bond donors (Lipinski definition) is 2. The lowest BCUT2D eigenvalue weighted by Crippen LogP contribution is -1.99. The van der Waals surface area contributed by atoms with Crippen LogP contribution in [0.25, 0.3) is 0 Å². The molecule has 0 amide bonds. The van der Waals surface area contributed by atoms with Gasteiger partial charge in [0.1, 0.15) is 11.9 Å². The highest BCUT2D eigenvalue weighted by atomic mass is 19.1. The number of pyridine rings is 1. The van der Waals surface area contributed by atoms with E-state index in [1.807, 2.05) is 0 Å². The summed E-state index contributed by atoms with van der Waals surface area (Å²) in [5.74, 6) is -0.0740. The quantitative estimate of drug-likeness (QED) is 0.827. The van der Waals surface area contributed by atoms with E-state index in [0.29, 0.717) is 17.2 Å². The van der Waals surface area contributed by atoms with Crippen molar-refractivity contribution >= 4 is 17.2 Å². The van der Waals surface area contributed by atoms with Crippen molar-refractivity contribution in [3.8, 4) is 6.07 Å². The maximum absolute atomic E-state index is 13.1. The Bertz CT molecular complexity index is 589. The first-order chi connectivity index (χ1) is 8.20. The second-order valence-electron chi connectivity index (χ2n) is 3.37. The predicted molar refractivity (Wildman–Crippen MR) is 63.0 cm³/mol. The Kier molecular flexibility index (Phi) is 2.88. The van der Waals surface area contributed by atoms with Gasteiger partial charge in [0.2, 0.25) is 0 Å². The maximum Gasteiger partial charge on any atom is 0.153 e. The molecule has 0 unspecified atom stereocenters. The van der Waals surface area contributed by atoms with Crippen LogP contribution in [0, 0.1) is 17.1 Å². The first kappa shape index (κ1) is 10.9. The van der Waals surface area contributed by atoms with Crippen molar-refractivity contribution in [3.05, 3.63) is 47.9 Å². The highest BCUT2D eigenvalue weighted by molar-refractivity contribution is 5.68. The Balaban J connectivity index is 2.32. The summed E-state index contributed by atoms with van der Waals surface area (Å²) in [5.41, 5.74) is 6.73. The van der Waals surface area contributed by atoms with E-state index in [0.717, 1.165) is 0 Å². The molecular weight excluding hydrogens is 219 g/mol. The van der Waals surface area contributed by atoms with Gasteiger partial charge in [-0.15, -0.1) is 0 Å². The second-order valence-corrected chi connectivity index (χ2v) is 3.37. The van der Waals surface area contributed by atoms with Crippen LogP contribution in [0.5, 0.6) is 0 Å². The van der Waals surface area contributed by atoms with E-state index in [1.165, 1.54) is 18.2 Å². The molecule has 0 saturated heterocycles. The number of nitrogens with two attached hydrogens (primary N) is 1. The van der Waals surface area contributed by atoms with Crippen LogP contribution in [0.15, 0.2) is 36.5 Å². The minimum Gasteiger partial charge on any atom is -0.396 e. The lowest BCUT2D eigenvalue weighted by molar-refractivity contribution is 0.624. The predicted octanol–water partition coefficient (Wildman–Crippen LogP) is 2.42. The van der Waals surface area contributed by atoms with E-state index >= 15 is 0 Å². The van der Waals surface area contributed by atoms with Crippen molar-refractivity contribution in [3.63, 3.8) is 0 Å². The molecule has 0 atom stereocenters. The molecule has 0 aliphatic heterocycles. The normalized spacial score (nSPS) is 9.65. The molecule has 17 heavy (non-hydrogen) atoms. The summed E-state index contributed by atoms with van der Waals surface area (Å²) >= 11 is 0. The Morgan fingerprint density at radius 3 is 2.88 bits per heavy atom. The van der Waals surface area contributed by atoms with Gasteiger partial charge in [-0.3, -0.25) is 0 Å². The molecule has 0 aliphatic carbocycles. The average molecular weight is 228 g/mol. The van der Waals surface area contributed by atoms with Gasteiger partial charge in [-0.25, -0.2) is 9.37 Å². The number of anilines is 3. The van der Waals surface area contributed by atoms with E-state index in [2.05, 4.69) is 10.3 Å². The van der Waals surface area contributed by atoms with E-state index < -0.39 is 5.82 Å². The lowest BCUT2D eigenvalue weighted by atomic mass is 10.2. The van der Waals surface area contributed by atoms with E-state index in [-0.39, 0.29) is 5.56 Å². The fourth-order valence-corrected chi connectivity index (χ4v) is 1.35. The van der Waals surface area contributed by atoms with E-state index in [9.17, 15) is 4.39 Å². The number of aromatic nitrogens is 1. The average Bonchev–Trinajstić information content (AvgIpc) is 2.34. The van der Waals surface area contributed by atoms with Crippen LogP contribution in [0.2, 0.25) is 0 Å². The Morgan fingerprint density at radius 2 is 2.18 bits per heavy atom. The van der Waals surface area contributed by atoms with Crippen LogP contribution < -0.4 is 11.1 Å². The van der Waals surface area contributed by atoms with Crippen LogP contribution >= 0.6 is 0 Å². The molecule has 1 aromatic carbocycles. The van der Waals surface area contributed by atoms with Crippen molar-refractivity contribution in [2.45, 2.75) is 0 Å². The molecular formula is C12H9FN4. The van der Waals surface area contributed by atoms with Gasteiger partial charge < -0.3 is 11.1 Å². The molecule has 0 fully saturated rings. The highest BCUT2D eigenvalue weighted by Gasteiger charge is 2.04. The van der Waals surface area contributed by atoms with Crippen LogP contribution in [0.3, 0.4) is 0 Å². The molecule has 0 bridgehead atoms. The SMILES string of the molecule is N#Cc1cc(Nc2ncccc2N)ccc1F. The van der Waals surface area contributed by atoms with Crippen LogP contribution in [-0.4, -0.2) is 4.98 Å². The molecule has 0 radical (unpaired) electrons. The Labute approximate surface area is 97.5 Å². The number of nitrogen functional groups attached to an aromatic ring is 1. The van der Waals surface area contributed by atoms with Gasteiger partial charge in [0.25, 0.3) is 0 Å². The first-order valence-corrected chi connectivity index (χ1v) is 4.88. The first-order valence-electron chi connectivity index (χ1n) is 4.88. The number of benzene rings is 1. The largest absolute Gasteiger partial charge is 0.396 e. The molecule has 5 heteroatoms. The summed E-state index contributed by atoms with van der Waals surface area (Å²) in [5, 5.41) is 11.6. The van der Waals surface area contributed by atoms with Crippen molar-refractivity contribution in [1.29, 1.82) is 5.26 Å². The van der Waals surface area contributed by atoms with Crippen molar-refractivity contribution in [1.82, 2.24) is 4.98 Å². The lowest BCUT2D eigenvalue weighted by Gasteiger charge is -2.08. The number of rotatable bonds is 2. The van der Waals surface area contributed by atoms with Gasteiger partial charge >= 0.3 is 0 Å². The molecule has 4 nitrogen and oxygen atoms in total. The zero-order chi connectivity index (χ0) is 12.3. The summed E-state index contributed by atoms with van der Waals surface area (Å²) < 4.78 is 13.1. The molecule has 0 spiro atoms. The summed E-state index contributed by atoms with van der Waals surface area (Å²) in [7, 11) is 0. The van der Waals surface area contributed by atoms with Gasteiger partial charge in [-0.2, -0.15) is 5.26 Å². The molecule has 2 rings (SSSR count). The second kappa shape index (κ2) is 4.49. The van der Waals surface area contributed by atoms with Crippen molar-refractivity contribution in [2.24, 2.45) is 0 Å². The standard InChI is InChI=1S/C12H9FN4/c13-10-4-3-9(6-8(10)7-14)17-12-11(15)2-1-5-16-12/h1-6H,15H2,(H,16,17). The minimum atomic E-state index is -0.549. The third kappa shape index (κ3) is 2.32. The van der Waals surface area contributed by atoms with Crippen molar-refractivity contribution in [2.75, 3.05) is 11.1 Å². The van der Waals surface area contributed by atoms with Gasteiger partial charge in [-0.1, -0.05) is 0 Å². The number of nitrogens with one attached hydrogen (secondary N) is 1. The smallest absolute Gasteiger partial charge is 0.153 e. The van der Waals surface area contributed by atoms with Crippen LogP contribution in [-0.2, 0) is 0 Å². The molecule has 0 aliphatic rings. The van der Waals surface area contributed by atoms with E-state index in [4.69, 9.17) is 11.0 Å².